The van der Waals surface area contributed by atoms with Gasteiger partial charge in [0.15, 0.2) is 5.82 Å². The molecule has 1 aliphatic carbocycles. The summed E-state index contributed by atoms with van der Waals surface area (Å²) in [5.41, 5.74) is 2.44. The zero-order valence-corrected chi connectivity index (χ0v) is 18.4. The molecular weight excluding hydrogens is 398 g/mol. The molecule has 158 valence electrons. The molecule has 1 aromatic carbocycles. The zero-order chi connectivity index (χ0) is 20.7. The van der Waals surface area contributed by atoms with Crippen LogP contribution in [-0.4, -0.2) is 30.7 Å². The number of ether oxygens (including phenoxy) is 2. The number of thiophene rings is 1. The molecule has 6 nitrogen and oxygen atoms in total. The van der Waals surface area contributed by atoms with Crippen molar-refractivity contribution < 1.29 is 14.4 Å². The molecule has 1 saturated heterocycles. The molecule has 3 heterocycles. The van der Waals surface area contributed by atoms with Crippen LogP contribution in [0.25, 0.3) is 10.2 Å². The molecule has 0 radical (unpaired) electrons. The Balaban J connectivity index is 1.47. The first-order valence-electron chi connectivity index (χ1n) is 10.8. The summed E-state index contributed by atoms with van der Waals surface area (Å²) >= 11 is 1.72. The fourth-order valence-corrected chi connectivity index (χ4v) is 6.40. The number of hydrogen-bond donors (Lipinski definition) is 2. The van der Waals surface area contributed by atoms with Crippen LogP contribution in [0.4, 0.5) is 0 Å². The topological polar surface area (TPSA) is 68.7 Å². The molecule has 0 amide bonds. The Morgan fingerprint density at radius 1 is 1.20 bits per heavy atom. The van der Waals surface area contributed by atoms with E-state index in [4.69, 9.17) is 14.5 Å². The van der Waals surface area contributed by atoms with Crippen LogP contribution in [0, 0.1) is 0 Å². The fraction of sp³-hybridized carbons (Fsp3) is 0.478. The van der Waals surface area contributed by atoms with E-state index < -0.39 is 0 Å². The third kappa shape index (κ3) is 3.40. The molecule has 3 aromatic rings. The van der Waals surface area contributed by atoms with Gasteiger partial charge in [-0.25, -0.2) is 4.98 Å². The third-order valence-corrected chi connectivity index (χ3v) is 7.75. The zero-order valence-electron chi connectivity index (χ0n) is 17.5. The Morgan fingerprint density at radius 3 is 2.90 bits per heavy atom. The number of aromatic nitrogens is 2. The van der Waals surface area contributed by atoms with Crippen molar-refractivity contribution in [2.24, 2.45) is 0 Å². The van der Waals surface area contributed by atoms with E-state index in [0.29, 0.717) is 12.6 Å². The maximum atomic E-state index is 12.9. The van der Waals surface area contributed by atoms with Crippen LogP contribution in [0.1, 0.15) is 53.6 Å². The van der Waals surface area contributed by atoms with Crippen molar-refractivity contribution in [3.63, 3.8) is 0 Å². The normalized spacial score (nSPS) is 21.0. The summed E-state index contributed by atoms with van der Waals surface area (Å²) in [4.78, 5) is 24.6. The molecule has 2 aliphatic rings. The molecule has 0 spiro atoms. The maximum Gasteiger partial charge on any atom is 0.260 e. The van der Waals surface area contributed by atoms with E-state index in [1.54, 1.807) is 25.6 Å². The lowest BCUT2D eigenvalue weighted by Gasteiger charge is -2.23. The molecule has 5 rings (SSSR count). The molecule has 2 N–H and O–H groups in total. The van der Waals surface area contributed by atoms with E-state index >= 15 is 0 Å². The number of nitrogens with one attached hydrogen (secondary N) is 2. The van der Waals surface area contributed by atoms with E-state index in [1.807, 2.05) is 12.1 Å². The minimum atomic E-state index is 0.0310. The van der Waals surface area contributed by atoms with Crippen LogP contribution in [0.2, 0.25) is 0 Å². The van der Waals surface area contributed by atoms with Gasteiger partial charge in [0.1, 0.15) is 28.9 Å². The van der Waals surface area contributed by atoms with E-state index in [1.165, 1.54) is 33.7 Å². The first kappa shape index (κ1) is 19.6. The number of fused-ring (bicyclic) bond motifs is 3. The highest BCUT2D eigenvalue weighted by Crippen LogP contribution is 2.34. The number of benzene rings is 1. The molecule has 2 atom stereocenters. The number of H-pyrrole nitrogens is 1. The summed E-state index contributed by atoms with van der Waals surface area (Å²) in [5, 5.41) is 0.834. The lowest BCUT2D eigenvalue weighted by Crippen LogP contribution is -3.09. The number of rotatable bonds is 5. The summed E-state index contributed by atoms with van der Waals surface area (Å²) in [5.74, 6) is 2.52. The molecule has 0 bridgehead atoms. The summed E-state index contributed by atoms with van der Waals surface area (Å²) in [6.07, 6.45) is 6.70. The average molecular weight is 427 g/mol. The molecular formula is C23H28N3O3S+. The van der Waals surface area contributed by atoms with Crippen molar-refractivity contribution >= 4 is 21.6 Å². The number of likely N-dealkylation sites (tertiary alicyclic amines) is 1. The summed E-state index contributed by atoms with van der Waals surface area (Å²) < 4.78 is 11.1. The fourth-order valence-electron chi connectivity index (χ4n) is 5.12. The number of aromatic amines is 1. The second-order valence-electron chi connectivity index (χ2n) is 8.29. The predicted molar refractivity (Wildman–Crippen MR) is 118 cm³/mol. The van der Waals surface area contributed by atoms with Crippen LogP contribution in [0.3, 0.4) is 0 Å². The second kappa shape index (κ2) is 8.04. The van der Waals surface area contributed by atoms with Crippen LogP contribution in [-0.2, 0) is 19.4 Å². The molecule has 1 fully saturated rings. The minimum Gasteiger partial charge on any atom is -0.497 e. The quantitative estimate of drug-likeness (QED) is 0.658. The SMILES string of the molecule is COc1ccc(OC)c([C@H]2CCC[NH+]2Cc2nc3sc4c(c3c(=O)[nH]2)CCCC4)c1. The summed E-state index contributed by atoms with van der Waals surface area (Å²) in [6.45, 7) is 1.76. The van der Waals surface area contributed by atoms with Crippen LogP contribution in [0.15, 0.2) is 23.0 Å². The van der Waals surface area contributed by atoms with Crippen molar-refractivity contribution in [3.8, 4) is 11.5 Å². The van der Waals surface area contributed by atoms with Gasteiger partial charge in [0, 0.05) is 17.7 Å². The van der Waals surface area contributed by atoms with Gasteiger partial charge in [0.25, 0.3) is 5.56 Å². The van der Waals surface area contributed by atoms with Crippen LogP contribution in [0.5, 0.6) is 11.5 Å². The first-order valence-corrected chi connectivity index (χ1v) is 11.6. The van der Waals surface area contributed by atoms with Gasteiger partial charge in [-0.3, -0.25) is 4.79 Å². The summed E-state index contributed by atoms with van der Waals surface area (Å²) in [7, 11) is 3.40. The molecule has 30 heavy (non-hydrogen) atoms. The highest BCUT2D eigenvalue weighted by molar-refractivity contribution is 7.18. The van der Waals surface area contributed by atoms with E-state index in [2.05, 4.69) is 11.1 Å². The molecule has 7 heteroatoms. The standard InChI is InChI=1S/C23H27N3O3S/c1-28-14-9-10-18(29-2)16(12-14)17-7-5-11-26(17)13-20-24-22(27)21-15-6-3-4-8-19(15)30-23(21)25-20/h9-10,12,17H,3-8,11,13H2,1-2H3,(H,24,25,27)/p+1/t17-/m1/s1. The van der Waals surface area contributed by atoms with Crippen LogP contribution < -0.4 is 19.9 Å². The Kier molecular flexibility index (Phi) is 5.25. The van der Waals surface area contributed by atoms with Crippen molar-refractivity contribution in [2.75, 3.05) is 20.8 Å². The van der Waals surface area contributed by atoms with Gasteiger partial charge in [-0.15, -0.1) is 11.3 Å². The van der Waals surface area contributed by atoms with Gasteiger partial charge in [-0.1, -0.05) is 0 Å². The van der Waals surface area contributed by atoms with Crippen molar-refractivity contribution in [2.45, 2.75) is 51.1 Å². The third-order valence-electron chi connectivity index (χ3n) is 6.56. The second-order valence-corrected chi connectivity index (χ2v) is 9.38. The maximum absolute atomic E-state index is 12.9. The highest BCUT2D eigenvalue weighted by Gasteiger charge is 2.33. The Labute approximate surface area is 179 Å². The largest absolute Gasteiger partial charge is 0.497 e. The Bertz CT molecular complexity index is 1140. The van der Waals surface area contributed by atoms with E-state index in [0.717, 1.165) is 59.8 Å². The number of hydrogen-bond acceptors (Lipinski definition) is 5. The monoisotopic (exact) mass is 426 g/mol. The number of nitrogens with zero attached hydrogens (tertiary/aromatic N) is 1. The van der Waals surface area contributed by atoms with Gasteiger partial charge >= 0.3 is 0 Å². The molecule has 0 saturated carbocycles. The van der Waals surface area contributed by atoms with Crippen molar-refractivity contribution in [1.82, 2.24) is 9.97 Å². The van der Waals surface area contributed by atoms with Gasteiger partial charge in [-0.05, 0) is 49.4 Å². The number of methoxy groups -OCH3 is 2. The number of quaternary nitrogens is 1. The minimum absolute atomic E-state index is 0.0310. The average Bonchev–Trinajstić information content (AvgIpc) is 3.37. The lowest BCUT2D eigenvalue weighted by atomic mass is 9.97. The number of aryl methyl sites for hydroxylation is 2. The van der Waals surface area contributed by atoms with Crippen LogP contribution >= 0.6 is 11.3 Å². The van der Waals surface area contributed by atoms with E-state index in [9.17, 15) is 4.79 Å². The Hall–Kier alpha value is -2.38. The van der Waals surface area contributed by atoms with Gasteiger partial charge < -0.3 is 19.4 Å². The predicted octanol–water partition coefficient (Wildman–Crippen LogP) is 2.80. The van der Waals surface area contributed by atoms with Crippen molar-refractivity contribution in [1.29, 1.82) is 0 Å². The molecule has 2 aromatic heterocycles. The summed E-state index contributed by atoms with van der Waals surface area (Å²) in [6, 6.07) is 6.30. The molecule has 1 unspecified atom stereocenters. The van der Waals surface area contributed by atoms with E-state index in [-0.39, 0.29) is 5.56 Å². The molecule has 1 aliphatic heterocycles. The smallest absolute Gasteiger partial charge is 0.260 e. The first-order chi connectivity index (χ1) is 14.7. The van der Waals surface area contributed by atoms with Gasteiger partial charge in [0.2, 0.25) is 0 Å². The van der Waals surface area contributed by atoms with Gasteiger partial charge in [0.05, 0.1) is 31.7 Å². The lowest BCUT2D eigenvalue weighted by molar-refractivity contribution is -0.932. The Morgan fingerprint density at radius 2 is 2.07 bits per heavy atom. The van der Waals surface area contributed by atoms with Crippen molar-refractivity contribution in [3.05, 3.63) is 50.4 Å². The highest BCUT2D eigenvalue weighted by atomic mass is 32.1. The van der Waals surface area contributed by atoms with Gasteiger partial charge in [-0.2, -0.15) is 0 Å².